The molecule has 3 aromatic rings. The van der Waals surface area contributed by atoms with Gasteiger partial charge in [0.15, 0.2) is 0 Å². The molecule has 0 aromatic carbocycles. The molecule has 0 N–H and O–H groups in total. The predicted octanol–water partition coefficient (Wildman–Crippen LogP) is 4.29. The Hall–Kier alpha value is -1.18. The molecule has 3 aromatic heterocycles. The molecule has 20 heavy (non-hydrogen) atoms. The summed E-state index contributed by atoms with van der Waals surface area (Å²) in [5.74, 6) is 2.42. The van der Waals surface area contributed by atoms with Crippen LogP contribution in [0.3, 0.4) is 0 Å². The summed E-state index contributed by atoms with van der Waals surface area (Å²) < 4.78 is 6.40. The maximum absolute atomic E-state index is 5.27. The number of aryl methyl sites for hydroxylation is 2. The minimum atomic E-state index is 0.693. The molecule has 0 atom stereocenters. The molecule has 3 rings (SSSR count). The van der Waals surface area contributed by atoms with Gasteiger partial charge in [-0.2, -0.15) is 4.98 Å². The second kappa shape index (κ2) is 6.51. The van der Waals surface area contributed by atoms with Gasteiger partial charge in [-0.3, -0.25) is 0 Å². The third kappa shape index (κ3) is 3.47. The predicted molar refractivity (Wildman–Crippen MR) is 83.5 cm³/mol. The van der Waals surface area contributed by atoms with Crippen molar-refractivity contribution in [3.8, 4) is 10.7 Å². The number of aromatic nitrogens is 3. The smallest absolute Gasteiger partial charge is 0.227 e. The van der Waals surface area contributed by atoms with Crippen molar-refractivity contribution in [2.24, 2.45) is 0 Å². The fraction of sp³-hybridized carbons (Fsp3) is 0.308. The normalized spacial score (nSPS) is 11.1. The summed E-state index contributed by atoms with van der Waals surface area (Å²) in [5.41, 5.74) is 1.09. The van der Waals surface area contributed by atoms with Gasteiger partial charge in [-0.15, -0.1) is 22.7 Å². The lowest BCUT2D eigenvalue weighted by molar-refractivity contribution is 0.378. The van der Waals surface area contributed by atoms with Crippen molar-refractivity contribution in [2.45, 2.75) is 24.1 Å². The summed E-state index contributed by atoms with van der Waals surface area (Å²) in [5, 5.41) is 8.10. The molecule has 0 saturated heterocycles. The maximum atomic E-state index is 5.27. The lowest BCUT2D eigenvalue weighted by Crippen LogP contribution is -1.88. The summed E-state index contributed by atoms with van der Waals surface area (Å²) in [6.45, 7) is 2.02. The monoisotopic (exact) mass is 323 g/mol. The summed E-state index contributed by atoms with van der Waals surface area (Å²) in [6, 6.07) is 3.99. The standard InChI is InChI=1S/C13H13N3OS3/c1-9-8-20-13(14-9)19-7-3-5-11-15-12(16-17-11)10-4-2-6-18-10/h2,4,6,8H,3,5,7H2,1H3. The van der Waals surface area contributed by atoms with Crippen LogP contribution in [0, 0.1) is 6.92 Å². The molecular formula is C13H13N3OS3. The Balaban J connectivity index is 1.47. The van der Waals surface area contributed by atoms with Gasteiger partial charge in [0.05, 0.1) is 4.88 Å². The van der Waals surface area contributed by atoms with Crippen molar-refractivity contribution in [1.82, 2.24) is 15.1 Å². The van der Waals surface area contributed by atoms with Gasteiger partial charge in [-0.05, 0) is 24.8 Å². The van der Waals surface area contributed by atoms with E-state index in [0.717, 1.165) is 33.5 Å². The third-order valence-corrected chi connectivity index (χ3v) is 5.66. The van der Waals surface area contributed by atoms with E-state index in [9.17, 15) is 0 Å². The number of hydrogen-bond acceptors (Lipinski definition) is 7. The van der Waals surface area contributed by atoms with Crippen LogP contribution in [0.5, 0.6) is 0 Å². The molecular weight excluding hydrogens is 310 g/mol. The van der Waals surface area contributed by atoms with E-state index in [-0.39, 0.29) is 0 Å². The summed E-state index contributed by atoms with van der Waals surface area (Å²) in [4.78, 5) is 9.89. The lowest BCUT2D eigenvalue weighted by atomic mass is 10.3. The van der Waals surface area contributed by atoms with Crippen LogP contribution in [-0.4, -0.2) is 20.9 Å². The molecule has 0 aliphatic heterocycles. The largest absolute Gasteiger partial charge is 0.339 e. The zero-order chi connectivity index (χ0) is 13.8. The van der Waals surface area contributed by atoms with Crippen LogP contribution in [-0.2, 0) is 6.42 Å². The van der Waals surface area contributed by atoms with Gasteiger partial charge in [0.1, 0.15) is 4.34 Å². The quantitative estimate of drug-likeness (QED) is 0.500. The van der Waals surface area contributed by atoms with Crippen LogP contribution >= 0.6 is 34.4 Å². The van der Waals surface area contributed by atoms with Gasteiger partial charge >= 0.3 is 0 Å². The van der Waals surface area contributed by atoms with E-state index >= 15 is 0 Å². The van der Waals surface area contributed by atoms with Crippen LogP contribution in [0.4, 0.5) is 0 Å². The third-order valence-electron chi connectivity index (χ3n) is 2.57. The minimum Gasteiger partial charge on any atom is -0.339 e. The van der Waals surface area contributed by atoms with Crippen molar-refractivity contribution in [1.29, 1.82) is 0 Å². The Morgan fingerprint density at radius 2 is 2.25 bits per heavy atom. The molecule has 7 heteroatoms. The van der Waals surface area contributed by atoms with Gasteiger partial charge in [-0.25, -0.2) is 4.98 Å². The molecule has 0 aliphatic rings. The van der Waals surface area contributed by atoms with Crippen LogP contribution in [0.15, 0.2) is 31.8 Å². The lowest BCUT2D eigenvalue weighted by Gasteiger charge is -1.94. The average molecular weight is 323 g/mol. The van der Waals surface area contributed by atoms with Gasteiger partial charge < -0.3 is 4.52 Å². The highest BCUT2D eigenvalue weighted by atomic mass is 32.2. The molecule has 104 valence electrons. The highest BCUT2D eigenvalue weighted by molar-refractivity contribution is 8.00. The fourth-order valence-electron chi connectivity index (χ4n) is 1.64. The summed E-state index contributed by atoms with van der Waals surface area (Å²) >= 11 is 5.11. The summed E-state index contributed by atoms with van der Waals surface area (Å²) in [6.07, 6.45) is 1.82. The van der Waals surface area contributed by atoms with Gasteiger partial charge in [0.25, 0.3) is 0 Å². The number of nitrogens with zero attached hydrogens (tertiary/aromatic N) is 3. The topological polar surface area (TPSA) is 51.8 Å². The van der Waals surface area contributed by atoms with E-state index < -0.39 is 0 Å². The van der Waals surface area contributed by atoms with Crippen molar-refractivity contribution < 1.29 is 4.52 Å². The van der Waals surface area contributed by atoms with Crippen molar-refractivity contribution >= 4 is 34.4 Å². The SMILES string of the molecule is Cc1csc(SCCCc2nc(-c3cccs3)no2)n1. The Morgan fingerprint density at radius 3 is 3.00 bits per heavy atom. The molecule has 3 heterocycles. The van der Waals surface area contributed by atoms with E-state index in [1.165, 1.54) is 0 Å². The molecule has 4 nitrogen and oxygen atoms in total. The Kier molecular flexibility index (Phi) is 4.49. The first-order valence-electron chi connectivity index (χ1n) is 6.22. The number of thiophene rings is 1. The Morgan fingerprint density at radius 1 is 1.30 bits per heavy atom. The second-order valence-electron chi connectivity index (χ2n) is 4.20. The molecule has 0 aliphatic carbocycles. The first-order chi connectivity index (χ1) is 9.81. The van der Waals surface area contributed by atoms with E-state index in [1.54, 1.807) is 34.4 Å². The average Bonchev–Trinajstić information content (AvgIpc) is 3.16. The molecule has 0 bridgehead atoms. The van der Waals surface area contributed by atoms with Gasteiger partial charge in [-0.1, -0.05) is 23.0 Å². The highest BCUT2D eigenvalue weighted by Gasteiger charge is 2.09. The second-order valence-corrected chi connectivity index (χ2v) is 7.34. The van der Waals surface area contributed by atoms with Crippen molar-refractivity contribution in [3.05, 3.63) is 34.5 Å². The first kappa shape index (κ1) is 13.8. The number of thioether (sulfide) groups is 1. The fourth-order valence-corrected chi connectivity index (χ4v) is 4.15. The molecule has 0 fully saturated rings. The molecule has 0 radical (unpaired) electrons. The van der Waals surface area contributed by atoms with Crippen LogP contribution in [0.2, 0.25) is 0 Å². The number of hydrogen-bond donors (Lipinski definition) is 0. The maximum Gasteiger partial charge on any atom is 0.227 e. The number of thiazole rings is 1. The Bertz CT molecular complexity index is 660. The van der Waals surface area contributed by atoms with E-state index in [4.69, 9.17) is 4.52 Å². The number of rotatable bonds is 6. The van der Waals surface area contributed by atoms with Crippen LogP contribution < -0.4 is 0 Å². The van der Waals surface area contributed by atoms with E-state index in [1.807, 2.05) is 24.4 Å². The van der Waals surface area contributed by atoms with Gasteiger partial charge in [0, 0.05) is 23.2 Å². The highest BCUT2D eigenvalue weighted by Crippen LogP contribution is 2.24. The minimum absolute atomic E-state index is 0.693. The van der Waals surface area contributed by atoms with Crippen molar-refractivity contribution in [3.63, 3.8) is 0 Å². The Labute approximate surface area is 129 Å². The van der Waals surface area contributed by atoms with Crippen LogP contribution in [0.1, 0.15) is 18.0 Å². The van der Waals surface area contributed by atoms with Gasteiger partial charge in [0.2, 0.25) is 11.7 Å². The van der Waals surface area contributed by atoms with Crippen molar-refractivity contribution in [2.75, 3.05) is 5.75 Å². The zero-order valence-electron chi connectivity index (χ0n) is 10.9. The van der Waals surface area contributed by atoms with E-state index in [0.29, 0.717) is 11.7 Å². The molecule has 0 saturated carbocycles. The molecule has 0 unspecified atom stereocenters. The first-order valence-corrected chi connectivity index (χ1v) is 8.97. The van der Waals surface area contributed by atoms with E-state index in [2.05, 4.69) is 20.5 Å². The zero-order valence-corrected chi connectivity index (χ0v) is 13.4. The molecule has 0 amide bonds. The van der Waals surface area contributed by atoms with Crippen LogP contribution in [0.25, 0.3) is 10.7 Å². The summed E-state index contributed by atoms with van der Waals surface area (Å²) in [7, 11) is 0. The molecule has 0 spiro atoms.